The second-order valence-corrected chi connectivity index (χ2v) is 7.04. The van der Waals surface area contributed by atoms with Crippen LogP contribution in [0.15, 0.2) is 45.3 Å². The van der Waals surface area contributed by atoms with Crippen molar-refractivity contribution in [3.8, 4) is 0 Å². The summed E-state index contributed by atoms with van der Waals surface area (Å²) in [5.74, 6) is -0.275. The quantitative estimate of drug-likeness (QED) is 0.838. The van der Waals surface area contributed by atoms with Gasteiger partial charge in [0.1, 0.15) is 23.4 Å². The Labute approximate surface area is 156 Å². The predicted octanol–water partition coefficient (Wildman–Crippen LogP) is 3.54. The zero-order valence-electron chi connectivity index (χ0n) is 15.1. The third kappa shape index (κ3) is 4.01. The standard InChI is InChI=1S/C19H22F2N4O2/c1-12-13(5-7-26-12)9-25-6-4-15(10-25)27-11-18-19(23-24-22-18)16-3-2-14(20)8-17(16)21/h2-3,5,7-8,15,18-19H,4,6,9-11H2,1H3,(H,22,23)/t15-,18?,19?/m0/s1. The first-order valence-corrected chi connectivity index (χ1v) is 9.07. The molecule has 2 aliphatic heterocycles. The van der Waals surface area contributed by atoms with Gasteiger partial charge in [0, 0.05) is 36.8 Å². The van der Waals surface area contributed by atoms with Gasteiger partial charge in [-0.1, -0.05) is 11.3 Å². The molecule has 0 amide bonds. The lowest BCUT2D eigenvalue weighted by Gasteiger charge is -2.20. The number of benzene rings is 1. The Morgan fingerprint density at radius 2 is 2.22 bits per heavy atom. The molecule has 2 aliphatic rings. The topological polar surface area (TPSA) is 62.4 Å². The molecule has 0 radical (unpaired) electrons. The van der Waals surface area contributed by atoms with Crippen molar-refractivity contribution in [2.75, 3.05) is 19.7 Å². The number of furan rings is 1. The minimum Gasteiger partial charge on any atom is -0.469 e. The van der Waals surface area contributed by atoms with Crippen LogP contribution in [0.25, 0.3) is 0 Å². The molecule has 4 rings (SSSR count). The summed E-state index contributed by atoms with van der Waals surface area (Å²) in [6.45, 7) is 4.96. The van der Waals surface area contributed by atoms with Gasteiger partial charge in [-0.15, -0.1) is 0 Å². The number of likely N-dealkylation sites (tertiary alicyclic amines) is 1. The number of hydrogen-bond acceptors (Lipinski definition) is 6. The van der Waals surface area contributed by atoms with Gasteiger partial charge in [-0.2, -0.15) is 5.11 Å². The van der Waals surface area contributed by atoms with E-state index in [0.29, 0.717) is 12.2 Å². The Hall–Kier alpha value is -2.32. The number of nitrogens with zero attached hydrogens (tertiary/aromatic N) is 3. The van der Waals surface area contributed by atoms with Crippen LogP contribution in [0.4, 0.5) is 8.78 Å². The SMILES string of the molecule is Cc1occc1CN1CC[C@H](OCC2NN=NC2c2ccc(F)cc2F)C1. The van der Waals surface area contributed by atoms with Crippen molar-refractivity contribution < 1.29 is 17.9 Å². The van der Waals surface area contributed by atoms with Crippen molar-refractivity contribution >= 4 is 0 Å². The Balaban J connectivity index is 1.30. The molecule has 1 saturated heterocycles. The molecule has 27 heavy (non-hydrogen) atoms. The molecule has 8 heteroatoms. The summed E-state index contributed by atoms with van der Waals surface area (Å²) in [6, 6.07) is 4.73. The van der Waals surface area contributed by atoms with Gasteiger partial charge in [-0.25, -0.2) is 8.78 Å². The van der Waals surface area contributed by atoms with Gasteiger partial charge in [-0.05, 0) is 25.5 Å². The molecule has 0 saturated carbocycles. The fourth-order valence-corrected chi connectivity index (χ4v) is 3.60. The Morgan fingerprint density at radius 3 is 3.00 bits per heavy atom. The average molecular weight is 376 g/mol. The van der Waals surface area contributed by atoms with Crippen LogP contribution in [0.1, 0.15) is 29.3 Å². The van der Waals surface area contributed by atoms with E-state index in [9.17, 15) is 8.78 Å². The summed E-state index contributed by atoms with van der Waals surface area (Å²) in [7, 11) is 0. The molecule has 0 aliphatic carbocycles. The van der Waals surface area contributed by atoms with E-state index in [2.05, 4.69) is 20.7 Å². The van der Waals surface area contributed by atoms with Gasteiger partial charge in [0.05, 0.1) is 25.0 Å². The highest BCUT2D eigenvalue weighted by atomic mass is 19.1. The van der Waals surface area contributed by atoms with E-state index < -0.39 is 17.7 Å². The number of nitrogens with one attached hydrogen (secondary N) is 1. The minimum absolute atomic E-state index is 0.110. The number of hydrogen-bond donors (Lipinski definition) is 1. The molecular weight excluding hydrogens is 354 g/mol. The third-order valence-corrected chi connectivity index (χ3v) is 5.17. The normalized spacial score (nSPS) is 25.2. The molecule has 2 unspecified atom stereocenters. The van der Waals surface area contributed by atoms with Gasteiger partial charge in [0.2, 0.25) is 0 Å². The summed E-state index contributed by atoms with van der Waals surface area (Å²) >= 11 is 0. The highest BCUT2D eigenvalue weighted by Crippen LogP contribution is 2.29. The summed E-state index contributed by atoms with van der Waals surface area (Å²) < 4.78 is 38.6. The van der Waals surface area contributed by atoms with Crippen molar-refractivity contribution in [3.63, 3.8) is 0 Å². The molecule has 144 valence electrons. The summed E-state index contributed by atoms with van der Waals surface area (Å²) in [4.78, 5) is 2.33. The molecular formula is C19H22F2N4O2. The molecule has 1 aromatic carbocycles. The summed E-state index contributed by atoms with van der Waals surface area (Å²) in [5.41, 5.74) is 4.39. The highest BCUT2D eigenvalue weighted by Gasteiger charge is 2.32. The molecule has 0 spiro atoms. The Kier molecular flexibility index (Phi) is 5.18. The first kappa shape index (κ1) is 18.1. The fraction of sp³-hybridized carbons (Fsp3) is 0.474. The maximum Gasteiger partial charge on any atom is 0.131 e. The lowest BCUT2D eigenvalue weighted by molar-refractivity contribution is 0.0424. The smallest absolute Gasteiger partial charge is 0.131 e. The largest absolute Gasteiger partial charge is 0.469 e. The number of halogens is 2. The van der Waals surface area contributed by atoms with Gasteiger partial charge in [0.25, 0.3) is 0 Å². The van der Waals surface area contributed by atoms with Crippen LogP contribution in [0.3, 0.4) is 0 Å². The zero-order valence-corrected chi connectivity index (χ0v) is 15.1. The van der Waals surface area contributed by atoms with Crippen LogP contribution < -0.4 is 5.43 Å². The number of rotatable bonds is 6. The highest BCUT2D eigenvalue weighted by molar-refractivity contribution is 5.24. The average Bonchev–Trinajstić information content (AvgIpc) is 3.36. The van der Waals surface area contributed by atoms with Crippen LogP contribution in [0.2, 0.25) is 0 Å². The maximum absolute atomic E-state index is 14.1. The molecule has 1 N–H and O–H groups in total. The van der Waals surface area contributed by atoms with Gasteiger partial charge >= 0.3 is 0 Å². The zero-order chi connectivity index (χ0) is 18.8. The molecule has 3 atom stereocenters. The van der Waals surface area contributed by atoms with Crippen molar-refractivity contribution in [2.45, 2.75) is 38.1 Å². The van der Waals surface area contributed by atoms with Crippen LogP contribution in [0.5, 0.6) is 0 Å². The van der Waals surface area contributed by atoms with Crippen molar-refractivity contribution in [1.82, 2.24) is 10.3 Å². The van der Waals surface area contributed by atoms with Crippen molar-refractivity contribution in [3.05, 3.63) is 59.1 Å². The van der Waals surface area contributed by atoms with Gasteiger partial charge in [0.15, 0.2) is 0 Å². The second kappa shape index (κ2) is 7.74. The summed E-state index contributed by atoms with van der Waals surface area (Å²) in [6.07, 6.45) is 2.76. The minimum atomic E-state index is -0.616. The lowest BCUT2D eigenvalue weighted by Crippen LogP contribution is -2.34. The predicted molar refractivity (Wildman–Crippen MR) is 94.0 cm³/mol. The van der Waals surface area contributed by atoms with Crippen molar-refractivity contribution in [1.29, 1.82) is 0 Å². The monoisotopic (exact) mass is 376 g/mol. The van der Waals surface area contributed by atoms with Crippen LogP contribution in [-0.2, 0) is 11.3 Å². The van der Waals surface area contributed by atoms with E-state index in [-0.39, 0.29) is 12.1 Å². The Bertz CT molecular complexity index is 826. The number of aryl methyl sites for hydroxylation is 1. The van der Waals surface area contributed by atoms with E-state index in [1.54, 1.807) is 6.26 Å². The van der Waals surface area contributed by atoms with E-state index >= 15 is 0 Å². The van der Waals surface area contributed by atoms with E-state index in [1.165, 1.54) is 17.7 Å². The van der Waals surface area contributed by atoms with Gasteiger partial charge < -0.3 is 9.15 Å². The summed E-state index contributed by atoms with van der Waals surface area (Å²) in [5, 5.41) is 7.87. The van der Waals surface area contributed by atoms with E-state index in [1.807, 2.05) is 13.0 Å². The van der Waals surface area contributed by atoms with E-state index in [0.717, 1.165) is 37.9 Å². The molecule has 3 heterocycles. The first-order chi connectivity index (χ1) is 13.1. The molecule has 0 bridgehead atoms. The maximum atomic E-state index is 14.1. The molecule has 2 aromatic rings. The Morgan fingerprint density at radius 1 is 1.33 bits per heavy atom. The van der Waals surface area contributed by atoms with Crippen LogP contribution in [-0.4, -0.2) is 36.7 Å². The first-order valence-electron chi connectivity index (χ1n) is 9.07. The molecule has 6 nitrogen and oxygen atoms in total. The molecule has 1 fully saturated rings. The molecule has 1 aromatic heterocycles. The second-order valence-electron chi connectivity index (χ2n) is 7.04. The number of ether oxygens (including phenoxy) is 1. The van der Waals surface area contributed by atoms with Crippen LogP contribution in [0, 0.1) is 18.6 Å². The third-order valence-electron chi connectivity index (χ3n) is 5.17. The lowest BCUT2D eigenvalue weighted by atomic mass is 10.0. The fourth-order valence-electron chi connectivity index (χ4n) is 3.60. The van der Waals surface area contributed by atoms with Crippen LogP contribution >= 0.6 is 0 Å². The van der Waals surface area contributed by atoms with E-state index in [4.69, 9.17) is 9.15 Å². The van der Waals surface area contributed by atoms with Gasteiger partial charge in [-0.3, -0.25) is 10.3 Å². The van der Waals surface area contributed by atoms with Crippen molar-refractivity contribution in [2.24, 2.45) is 10.3 Å².